The van der Waals surface area contributed by atoms with Crippen LogP contribution in [-0.2, 0) is 13.1 Å². The average Bonchev–Trinajstić information content (AvgIpc) is 3.61. The number of aromatic nitrogens is 6. The number of benzene rings is 2. The first kappa shape index (κ1) is 24.6. The second-order valence-electron chi connectivity index (χ2n) is 9.86. The smallest absolute Gasteiger partial charge is 0.127 e. The number of aromatic amines is 2. The van der Waals surface area contributed by atoms with Gasteiger partial charge in [-0.2, -0.15) is 5.10 Å². The average molecular weight is 542 g/mol. The number of aromatic hydroxyl groups is 1. The van der Waals surface area contributed by atoms with Gasteiger partial charge in [-0.1, -0.05) is 30.3 Å². The van der Waals surface area contributed by atoms with Crippen molar-refractivity contribution >= 4 is 21.8 Å². The van der Waals surface area contributed by atoms with Crippen molar-refractivity contribution in [1.29, 1.82) is 0 Å². The number of phenolic OH excluding ortho intramolecular Hbond substituents is 1. The van der Waals surface area contributed by atoms with Gasteiger partial charge >= 0.3 is 0 Å². The van der Waals surface area contributed by atoms with Crippen molar-refractivity contribution in [2.24, 2.45) is 0 Å². The Morgan fingerprint density at radius 2 is 1.61 bits per heavy atom. The van der Waals surface area contributed by atoms with Crippen LogP contribution < -0.4 is 5.32 Å². The van der Waals surface area contributed by atoms with Crippen molar-refractivity contribution < 1.29 is 9.50 Å². The van der Waals surface area contributed by atoms with Crippen molar-refractivity contribution in [2.45, 2.75) is 13.1 Å². The molecule has 4 N–H and O–H groups in total. The van der Waals surface area contributed by atoms with Gasteiger partial charge in [0.05, 0.1) is 28.8 Å². The minimum absolute atomic E-state index is 0.154. The highest BCUT2D eigenvalue weighted by Gasteiger charge is 2.16. The van der Waals surface area contributed by atoms with Crippen LogP contribution in [0.5, 0.6) is 5.75 Å². The maximum Gasteiger partial charge on any atom is 0.127 e. The summed E-state index contributed by atoms with van der Waals surface area (Å²) in [6.45, 7) is 1.46. The van der Waals surface area contributed by atoms with Gasteiger partial charge in [-0.3, -0.25) is 20.1 Å². The van der Waals surface area contributed by atoms with Gasteiger partial charge in [0.2, 0.25) is 0 Å². The number of rotatable bonds is 7. The molecule has 0 unspecified atom stereocenters. The lowest BCUT2D eigenvalue weighted by atomic mass is 10.1. The summed E-state index contributed by atoms with van der Waals surface area (Å²) in [6.07, 6.45) is 7.09. The number of hydrogen-bond donors (Lipinski definition) is 4. The summed E-state index contributed by atoms with van der Waals surface area (Å²) >= 11 is 0. The highest BCUT2D eigenvalue weighted by molar-refractivity contribution is 6.00. The molecule has 0 aliphatic rings. The van der Waals surface area contributed by atoms with E-state index >= 15 is 0 Å². The zero-order valence-electron chi connectivity index (χ0n) is 21.8. The Labute approximate surface area is 234 Å². The van der Waals surface area contributed by atoms with E-state index in [2.05, 4.69) is 53.6 Å². The van der Waals surface area contributed by atoms with Crippen LogP contribution in [0.4, 0.5) is 4.39 Å². The van der Waals surface area contributed by atoms with Gasteiger partial charge in [0.25, 0.3) is 0 Å². The van der Waals surface area contributed by atoms with Crippen LogP contribution in [0, 0.1) is 5.82 Å². The molecule has 9 heteroatoms. The van der Waals surface area contributed by atoms with Crippen molar-refractivity contribution in [1.82, 2.24) is 35.5 Å². The quantitative estimate of drug-likeness (QED) is 0.187. The summed E-state index contributed by atoms with van der Waals surface area (Å²) in [4.78, 5) is 17.0. The number of pyridine rings is 3. The zero-order chi connectivity index (χ0) is 27.8. The lowest BCUT2D eigenvalue weighted by Gasteiger charge is -2.07. The van der Waals surface area contributed by atoms with Gasteiger partial charge in [-0.05, 0) is 47.5 Å². The van der Waals surface area contributed by atoms with Gasteiger partial charge in [-0.25, -0.2) is 4.39 Å². The van der Waals surface area contributed by atoms with E-state index < -0.39 is 5.82 Å². The van der Waals surface area contributed by atoms with Gasteiger partial charge < -0.3 is 15.4 Å². The minimum atomic E-state index is -0.529. The SMILES string of the molecule is Oc1cc(F)cc(-c2nccc3[nH]c(-c4n[nH]c5cnc(-c6cncc(CNCc7ccccc7)c6)cc45)cc23)c1. The molecular weight excluding hydrogens is 517 g/mol. The second kappa shape index (κ2) is 10.3. The first-order chi connectivity index (χ1) is 20.1. The molecule has 0 saturated carbocycles. The summed E-state index contributed by atoms with van der Waals surface area (Å²) in [5, 5.41) is 22.7. The predicted octanol–water partition coefficient (Wildman–Crippen LogP) is 6.36. The number of phenols is 1. The maximum absolute atomic E-state index is 14.0. The van der Waals surface area contributed by atoms with Crippen LogP contribution in [0.15, 0.2) is 97.6 Å². The van der Waals surface area contributed by atoms with Crippen molar-refractivity contribution in [2.75, 3.05) is 0 Å². The van der Waals surface area contributed by atoms with E-state index in [9.17, 15) is 9.50 Å². The maximum atomic E-state index is 14.0. The van der Waals surface area contributed by atoms with Crippen molar-refractivity contribution in [3.63, 3.8) is 0 Å². The topological polar surface area (TPSA) is 115 Å². The normalized spacial score (nSPS) is 11.4. The largest absolute Gasteiger partial charge is 0.508 e. The first-order valence-corrected chi connectivity index (χ1v) is 13.1. The summed E-state index contributed by atoms with van der Waals surface area (Å²) in [7, 11) is 0. The Balaban J connectivity index is 1.21. The van der Waals surface area contributed by atoms with E-state index in [1.54, 1.807) is 12.4 Å². The Hall–Kier alpha value is -5.41. The summed E-state index contributed by atoms with van der Waals surface area (Å²) in [5.41, 5.74) is 8.14. The molecule has 0 spiro atoms. The first-order valence-electron chi connectivity index (χ1n) is 13.1. The standard InChI is InChI=1S/C32H24FN7O/c33-23-9-21(10-24(41)11-23)31-25-13-29(38-27(25)6-7-36-31)32-26-12-28(37-18-30(26)39-40-32)22-8-20(16-35-17-22)15-34-14-19-4-2-1-3-5-19/h1-13,16-18,34,38,41H,14-15H2,(H,39,40). The Bertz CT molecular complexity index is 2000. The van der Waals surface area contributed by atoms with E-state index in [4.69, 9.17) is 0 Å². The number of fused-ring (bicyclic) bond motifs is 2. The lowest BCUT2D eigenvalue weighted by Crippen LogP contribution is -2.12. The van der Waals surface area contributed by atoms with Crippen molar-refractivity contribution in [3.05, 3.63) is 115 Å². The Morgan fingerprint density at radius 1 is 0.756 bits per heavy atom. The molecule has 0 radical (unpaired) electrons. The molecule has 200 valence electrons. The molecule has 0 atom stereocenters. The molecule has 0 amide bonds. The van der Waals surface area contributed by atoms with E-state index in [1.165, 1.54) is 17.7 Å². The molecule has 0 fully saturated rings. The third-order valence-corrected chi connectivity index (χ3v) is 7.00. The van der Waals surface area contributed by atoms with E-state index in [1.807, 2.05) is 48.8 Å². The summed E-state index contributed by atoms with van der Waals surface area (Å²) < 4.78 is 14.0. The molecule has 0 saturated heterocycles. The van der Waals surface area contributed by atoms with Crippen LogP contribution in [0.25, 0.3) is 55.7 Å². The van der Waals surface area contributed by atoms with Crippen LogP contribution in [0.1, 0.15) is 11.1 Å². The fourth-order valence-electron chi connectivity index (χ4n) is 5.07. The van der Waals surface area contributed by atoms with Crippen LogP contribution in [0.2, 0.25) is 0 Å². The summed E-state index contributed by atoms with van der Waals surface area (Å²) in [5.74, 6) is -0.683. The Kier molecular flexibility index (Phi) is 6.18. The second-order valence-corrected chi connectivity index (χ2v) is 9.86. The van der Waals surface area contributed by atoms with Gasteiger partial charge in [0.1, 0.15) is 17.3 Å². The number of hydrogen-bond acceptors (Lipinski definition) is 6. The third kappa shape index (κ3) is 4.90. The number of nitrogens with one attached hydrogen (secondary N) is 3. The fourth-order valence-corrected chi connectivity index (χ4v) is 5.07. The molecule has 2 aromatic carbocycles. The van der Waals surface area contributed by atoms with E-state index in [0.717, 1.165) is 62.6 Å². The molecular formula is C32H24FN7O. The van der Waals surface area contributed by atoms with Gasteiger partial charge in [-0.15, -0.1) is 0 Å². The predicted molar refractivity (Wildman–Crippen MR) is 156 cm³/mol. The molecule has 5 aromatic heterocycles. The van der Waals surface area contributed by atoms with Crippen LogP contribution in [-0.4, -0.2) is 35.2 Å². The van der Waals surface area contributed by atoms with E-state index in [0.29, 0.717) is 17.8 Å². The third-order valence-electron chi connectivity index (χ3n) is 7.00. The van der Waals surface area contributed by atoms with Crippen molar-refractivity contribution in [3.8, 4) is 39.7 Å². The van der Waals surface area contributed by atoms with E-state index in [-0.39, 0.29) is 5.75 Å². The molecule has 0 aliphatic carbocycles. The fraction of sp³-hybridized carbons (Fsp3) is 0.0625. The molecule has 7 rings (SSSR count). The monoisotopic (exact) mass is 541 g/mol. The van der Waals surface area contributed by atoms with Crippen LogP contribution in [0.3, 0.4) is 0 Å². The molecule has 41 heavy (non-hydrogen) atoms. The summed E-state index contributed by atoms with van der Waals surface area (Å²) in [6, 6.07) is 22.1. The molecule has 8 nitrogen and oxygen atoms in total. The lowest BCUT2D eigenvalue weighted by molar-refractivity contribution is 0.469. The Morgan fingerprint density at radius 3 is 2.49 bits per heavy atom. The number of nitrogens with zero attached hydrogens (tertiary/aromatic N) is 4. The molecule has 0 aliphatic heterocycles. The highest BCUT2D eigenvalue weighted by Crippen LogP contribution is 2.35. The van der Waals surface area contributed by atoms with Gasteiger partial charge in [0.15, 0.2) is 0 Å². The zero-order valence-corrected chi connectivity index (χ0v) is 21.8. The minimum Gasteiger partial charge on any atom is -0.508 e. The molecule has 7 aromatic rings. The van der Waals surface area contributed by atoms with Crippen LogP contribution >= 0.6 is 0 Å². The molecule has 5 heterocycles. The molecule has 0 bridgehead atoms. The highest BCUT2D eigenvalue weighted by atomic mass is 19.1. The number of halogens is 1. The number of H-pyrrole nitrogens is 2. The van der Waals surface area contributed by atoms with Gasteiger partial charge in [0, 0.05) is 65.2 Å².